The van der Waals surface area contributed by atoms with Gasteiger partial charge in [0.2, 0.25) is 0 Å². The lowest BCUT2D eigenvalue weighted by Crippen LogP contribution is -2.30. The lowest BCUT2D eigenvalue weighted by Gasteiger charge is -2.21. The number of nitrogens with zero attached hydrogens (tertiary/aromatic N) is 1. The zero-order chi connectivity index (χ0) is 15.2. The molecule has 6 heteroatoms. The van der Waals surface area contributed by atoms with Crippen molar-refractivity contribution in [1.29, 1.82) is 0 Å². The third kappa shape index (κ3) is 11.8. The quantitative estimate of drug-likeness (QED) is 0.379. The number of ketones is 2. The highest BCUT2D eigenvalue weighted by atomic mass is 32.1. The molecule has 0 aromatic rings. The van der Waals surface area contributed by atoms with Crippen molar-refractivity contribution >= 4 is 36.8 Å². The zero-order valence-corrected chi connectivity index (χ0v) is 14.1. The second-order valence-electron chi connectivity index (χ2n) is 4.71. The molecule has 0 saturated carbocycles. The van der Waals surface area contributed by atoms with Crippen LogP contribution in [-0.4, -0.2) is 61.3 Å². The smallest absolute Gasteiger partial charge is 0.134 e. The highest BCUT2D eigenvalue weighted by Crippen LogP contribution is 2.02. The molecule has 0 aliphatic heterocycles. The van der Waals surface area contributed by atoms with E-state index in [1.807, 2.05) is 0 Å². The number of carbonyl (C=O) groups excluding carboxylic acids is 2. The Morgan fingerprint density at radius 2 is 1.40 bits per heavy atom. The van der Waals surface area contributed by atoms with Crippen molar-refractivity contribution in [2.75, 3.05) is 44.9 Å². The molecule has 0 heterocycles. The summed E-state index contributed by atoms with van der Waals surface area (Å²) < 4.78 is 5.04. The fourth-order valence-electron chi connectivity index (χ4n) is 1.83. The van der Waals surface area contributed by atoms with Crippen LogP contribution in [0, 0.1) is 0 Å². The minimum atomic E-state index is 0.235. The topological polar surface area (TPSA) is 46.6 Å². The first-order valence-electron chi connectivity index (χ1n) is 7.10. The SMILES string of the molecule is COCCCN(CCC(=O)CCS)CCC(=O)CCS. The molecule has 0 saturated heterocycles. The number of thiol groups is 2. The van der Waals surface area contributed by atoms with Gasteiger partial charge in [0.05, 0.1) is 0 Å². The molecule has 0 N–H and O–H groups in total. The van der Waals surface area contributed by atoms with Gasteiger partial charge in [-0.15, -0.1) is 0 Å². The lowest BCUT2D eigenvalue weighted by molar-refractivity contribution is -0.119. The first-order valence-corrected chi connectivity index (χ1v) is 8.37. The molecule has 0 atom stereocenters. The molecule has 0 bridgehead atoms. The van der Waals surface area contributed by atoms with Crippen LogP contribution in [0.2, 0.25) is 0 Å². The van der Waals surface area contributed by atoms with Crippen LogP contribution < -0.4 is 0 Å². The number of Topliss-reactive ketones (excluding diaryl/α,β-unsaturated/α-hetero) is 2. The van der Waals surface area contributed by atoms with Gasteiger partial charge in [0.25, 0.3) is 0 Å². The molecule has 0 aromatic carbocycles. The summed E-state index contributed by atoms with van der Waals surface area (Å²) in [5.41, 5.74) is 0. The van der Waals surface area contributed by atoms with Crippen LogP contribution in [0.5, 0.6) is 0 Å². The summed E-state index contributed by atoms with van der Waals surface area (Å²) in [4.78, 5) is 25.3. The van der Waals surface area contributed by atoms with Gasteiger partial charge in [-0.25, -0.2) is 0 Å². The van der Waals surface area contributed by atoms with Gasteiger partial charge in [0, 0.05) is 59.0 Å². The monoisotopic (exact) mass is 321 g/mol. The molecule has 20 heavy (non-hydrogen) atoms. The van der Waals surface area contributed by atoms with Crippen LogP contribution in [0.4, 0.5) is 0 Å². The highest BCUT2D eigenvalue weighted by Gasteiger charge is 2.10. The second kappa shape index (κ2) is 13.9. The van der Waals surface area contributed by atoms with E-state index in [4.69, 9.17) is 4.74 Å². The molecule has 0 radical (unpaired) electrons. The Balaban J connectivity index is 4.05. The van der Waals surface area contributed by atoms with E-state index in [9.17, 15) is 9.59 Å². The minimum Gasteiger partial charge on any atom is -0.385 e. The maximum Gasteiger partial charge on any atom is 0.134 e. The van der Waals surface area contributed by atoms with Gasteiger partial charge in [-0.2, -0.15) is 25.3 Å². The molecule has 0 aliphatic carbocycles. The van der Waals surface area contributed by atoms with Gasteiger partial charge < -0.3 is 9.64 Å². The maximum atomic E-state index is 11.5. The summed E-state index contributed by atoms with van der Waals surface area (Å²) in [6, 6.07) is 0. The Morgan fingerprint density at radius 3 is 1.80 bits per heavy atom. The van der Waals surface area contributed by atoms with Crippen molar-refractivity contribution in [3.63, 3.8) is 0 Å². The molecule has 4 nitrogen and oxygen atoms in total. The molecule has 0 aliphatic rings. The normalized spacial score (nSPS) is 11.0. The number of carbonyl (C=O) groups is 2. The molecule has 118 valence electrons. The second-order valence-corrected chi connectivity index (χ2v) is 5.61. The standard InChI is InChI=1S/C14H27NO3S2/c1-18-10-2-7-15(8-3-13(16)5-11-19)9-4-14(17)6-12-20/h19-20H,2-12H2,1H3. The van der Waals surface area contributed by atoms with E-state index in [1.165, 1.54) is 0 Å². The Hall–Kier alpha value is -0.0400. The number of rotatable bonds is 14. The van der Waals surface area contributed by atoms with E-state index in [-0.39, 0.29) is 11.6 Å². The van der Waals surface area contributed by atoms with Gasteiger partial charge >= 0.3 is 0 Å². The summed E-state index contributed by atoms with van der Waals surface area (Å²) in [7, 11) is 1.68. The third-order valence-corrected chi connectivity index (χ3v) is 3.47. The van der Waals surface area contributed by atoms with Crippen molar-refractivity contribution in [2.24, 2.45) is 0 Å². The van der Waals surface area contributed by atoms with E-state index in [0.29, 0.717) is 56.9 Å². The molecular weight excluding hydrogens is 294 g/mol. The number of hydrogen-bond donors (Lipinski definition) is 2. The summed E-state index contributed by atoms with van der Waals surface area (Å²) in [5, 5.41) is 0. The lowest BCUT2D eigenvalue weighted by atomic mass is 10.2. The molecule has 0 aromatic heterocycles. The average molecular weight is 322 g/mol. The van der Waals surface area contributed by atoms with Crippen LogP contribution in [-0.2, 0) is 14.3 Å². The van der Waals surface area contributed by atoms with Gasteiger partial charge in [-0.1, -0.05) is 0 Å². The fraction of sp³-hybridized carbons (Fsp3) is 0.857. The first kappa shape index (κ1) is 20.0. The predicted octanol–water partition coefficient (Wildman–Crippen LogP) is 1.88. The molecule has 0 unspecified atom stereocenters. The van der Waals surface area contributed by atoms with Crippen molar-refractivity contribution in [1.82, 2.24) is 4.90 Å². The van der Waals surface area contributed by atoms with Crippen LogP contribution >= 0.6 is 25.3 Å². The molecule has 0 fully saturated rings. The van der Waals surface area contributed by atoms with E-state index in [1.54, 1.807) is 7.11 Å². The largest absolute Gasteiger partial charge is 0.385 e. The van der Waals surface area contributed by atoms with Crippen molar-refractivity contribution < 1.29 is 14.3 Å². The molecular formula is C14H27NO3S2. The highest BCUT2D eigenvalue weighted by molar-refractivity contribution is 7.80. The Labute approximate surface area is 133 Å². The van der Waals surface area contributed by atoms with Gasteiger partial charge in [-0.05, 0) is 17.9 Å². The van der Waals surface area contributed by atoms with Crippen LogP contribution in [0.1, 0.15) is 32.1 Å². The Bertz CT molecular complexity index is 253. The summed E-state index contributed by atoms with van der Waals surface area (Å²) in [6.07, 6.45) is 3.03. The maximum absolute atomic E-state index is 11.5. The van der Waals surface area contributed by atoms with Crippen molar-refractivity contribution in [3.8, 4) is 0 Å². The Morgan fingerprint density at radius 1 is 0.900 bits per heavy atom. The van der Waals surface area contributed by atoms with Crippen molar-refractivity contribution in [3.05, 3.63) is 0 Å². The van der Waals surface area contributed by atoms with Crippen LogP contribution in [0.3, 0.4) is 0 Å². The van der Waals surface area contributed by atoms with E-state index in [2.05, 4.69) is 30.2 Å². The third-order valence-electron chi connectivity index (χ3n) is 3.02. The summed E-state index contributed by atoms with van der Waals surface area (Å²) in [6.45, 7) is 2.98. The van der Waals surface area contributed by atoms with Gasteiger partial charge in [-0.3, -0.25) is 9.59 Å². The summed E-state index contributed by atoms with van der Waals surface area (Å²) in [5.74, 6) is 1.67. The molecule has 0 amide bonds. The van der Waals surface area contributed by atoms with Crippen molar-refractivity contribution in [2.45, 2.75) is 32.1 Å². The van der Waals surface area contributed by atoms with Crippen LogP contribution in [0.25, 0.3) is 0 Å². The minimum absolute atomic E-state index is 0.235. The van der Waals surface area contributed by atoms with E-state index < -0.39 is 0 Å². The first-order chi connectivity index (χ1) is 9.63. The molecule has 0 rings (SSSR count). The molecule has 0 spiro atoms. The zero-order valence-electron chi connectivity index (χ0n) is 12.3. The number of hydrogen-bond acceptors (Lipinski definition) is 6. The van der Waals surface area contributed by atoms with E-state index >= 15 is 0 Å². The van der Waals surface area contributed by atoms with E-state index in [0.717, 1.165) is 13.0 Å². The number of ether oxygens (including phenoxy) is 1. The van der Waals surface area contributed by atoms with Gasteiger partial charge in [0.1, 0.15) is 11.6 Å². The van der Waals surface area contributed by atoms with Gasteiger partial charge in [0.15, 0.2) is 0 Å². The Kier molecular flexibility index (Phi) is 13.9. The average Bonchev–Trinajstić information content (AvgIpc) is 2.42. The number of methoxy groups -OCH3 is 1. The predicted molar refractivity (Wildman–Crippen MR) is 89.1 cm³/mol. The fourth-order valence-corrected chi connectivity index (χ4v) is 2.33. The summed E-state index contributed by atoms with van der Waals surface area (Å²) >= 11 is 8.12. The van der Waals surface area contributed by atoms with Crippen LogP contribution in [0.15, 0.2) is 0 Å².